The number of hydrogen-bond acceptors (Lipinski definition) is 5. The Bertz CT molecular complexity index is 1770. The van der Waals surface area contributed by atoms with Gasteiger partial charge in [-0.1, -0.05) is 12.1 Å². The van der Waals surface area contributed by atoms with E-state index in [1.807, 2.05) is 36.8 Å². The summed E-state index contributed by atoms with van der Waals surface area (Å²) in [5.74, 6) is 0. The molecule has 7 nitrogen and oxygen atoms in total. The maximum absolute atomic E-state index is 4.91. The molecule has 142 valence electrons. The first kappa shape index (κ1) is 15.8. The van der Waals surface area contributed by atoms with E-state index in [1.165, 1.54) is 0 Å². The molecule has 7 rings (SSSR count). The molecule has 3 N–H and O–H groups in total. The SMILES string of the molecule is c1cc2nc3nc2c(c1)c1ccc([nH]c2cncc(c2)c2cc4c(cn2)[nH][nH]c3-4)s1. The van der Waals surface area contributed by atoms with E-state index in [9.17, 15) is 0 Å². The highest BCUT2D eigenvalue weighted by Gasteiger charge is 2.14. The summed E-state index contributed by atoms with van der Waals surface area (Å²) < 4.78 is 1.14. The maximum Gasteiger partial charge on any atom is 0.179 e. The van der Waals surface area contributed by atoms with Crippen molar-refractivity contribution < 1.29 is 0 Å². The van der Waals surface area contributed by atoms with Crippen molar-refractivity contribution in [2.24, 2.45) is 0 Å². The molecule has 6 heterocycles. The van der Waals surface area contributed by atoms with Crippen LogP contribution in [0.15, 0.2) is 61.1 Å². The van der Waals surface area contributed by atoms with E-state index >= 15 is 0 Å². The molecule has 5 aromatic rings. The fourth-order valence-corrected chi connectivity index (χ4v) is 4.88. The number of pyridine rings is 2. The third-order valence-electron chi connectivity index (χ3n) is 5.35. The summed E-state index contributed by atoms with van der Waals surface area (Å²) in [6.45, 7) is 0. The first-order chi connectivity index (χ1) is 14.8. The van der Waals surface area contributed by atoms with Crippen LogP contribution < -0.4 is 0 Å². The van der Waals surface area contributed by atoms with E-state index in [0.29, 0.717) is 5.65 Å². The van der Waals surface area contributed by atoms with Gasteiger partial charge in [0.1, 0.15) is 5.69 Å². The fraction of sp³-hybridized carbons (Fsp3) is 0. The first-order valence-corrected chi connectivity index (χ1v) is 10.3. The molecule has 0 amide bonds. The summed E-state index contributed by atoms with van der Waals surface area (Å²) in [5, 5.41) is 8.43. The lowest BCUT2D eigenvalue weighted by Crippen LogP contribution is -1.83. The van der Waals surface area contributed by atoms with Crippen molar-refractivity contribution in [2.75, 3.05) is 0 Å². The number of nitrogens with zero attached hydrogens (tertiary/aromatic N) is 4. The number of aromatic amines is 3. The highest BCUT2D eigenvalue weighted by atomic mass is 32.1. The Morgan fingerprint density at radius 3 is 2.87 bits per heavy atom. The molecular weight excluding hydrogens is 394 g/mol. The number of benzene rings is 1. The molecule has 8 heteroatoms. The van der Waals surface area contributed by atoms with E-state index in [4.69, 9.17) is 9.97 Å². The second kappa shape index (κ2) is 5.74. The van der Waals surface area contributed by atoms with Crippen LogP contribution in [0.25, 0.3) is 64.8 Å². The molecule has 1 aromatic carbocycles. The molecule has 0 atom stereocenters. The van der Waals surface area contributed by atoms with Crippen molar-refractivity contribution in [1.29, 1.82) is 0 Å². The number of aromatic nitrogens is 7. The Morgan fingerprint density at radius 2 is 1.87 bits per heavy atom. The Kier molecular flexibility index (Phi) is 3.03. The second-order valence-electron chi connectivity index (χ2n) is 7.21. The lowest BCUT2D eigenvalue weighted by Gasteiger charge is -1.98. The zero-order chi connectivity index (χ0) is 19.7. The monoisotopic (exact) mass is 407 g/mol. The van der Waals surface area contributed by atoms with Crippen molar-refractivity contribution >= 4 is 64.9 Å². The van der Waals surface area contributed by atoms with Gasteiger partial charge in [0.2, 0.25) is 0 Å². The Balaban J connectivity index is 1.75. The summed E-state index contributed by atoms with van der Waals surface area (Å²) in [4.78, 5) is 23.2. The predicted molar refractivity (Wildman–Crippen MR) is 120 cm³/mol. The van der Waals surface area contributed by atoms with Gasteiger partial charge in [0.25, 0.3) is 0 Å². The van der Waals surface area contributed by atoms with E-state index in [0.717, 1.165) is 59.1 Å². The normalized spacial score (nSPS) is 12.0. The third-order valence-corrected chi connectivity index (χ3v) is 6.38. The Morgan fingerprint density at radius 1 is 0.867 bits per heavy atom. The molecule has 0 fully saturated rings. The van der Waals surface area contributed by atoms with Gasteiger partial charge in [-0.25, -0.2) is 9.97 Å². The number of imidazole rings is 1. The van der Waals surface area contributed by atoms with Gasteiger partial charge in [0, 0.05) is 27.2 Å². The van der Waals surface area contributed by atoms with Crippen LogP contribution in [-0.4, -0.2) is 35.1 Å². The van der Waals surface area contributed by atoms with Crippen LogP contribution in [0.4, 0.5) is 0 Å². The Hall–Kier alpha value is -4.04. The second-order valence-corrected chi connectivity index (χ2v) is 8.30. The van der Waals surface area contributed by atoms with Crippen LogP contribution in [0.3, 0.4) is 0 Å². The van der Waals surface area contributed by atoms with Crippen molar-refractivity contribution in [3.8, 4) is 11.3 Å². The van der Waals surface area contributed by atoms with Gasteiger partial charge < -0.3 is 4.98 Å². The number of para-hydroxylation sites is 1. The van der Waals surface area contributed by atoms with Gasteiger partial charge in [-0.2, -0.15) is 0 Å². The minimum Gasteiger partial charge on any atom is -0.346 e. The number of thiophene rings is 1. The van der Waals surface area contributed by atoms with Crippen molar-refractivity contribution in [1.82, 2.24) is 35.1 Å². The molecule has 0 saturated carbocycles. The van der Waals surface area contributed by atoms with Crippen LogP contribution in [0, 0.1) is 0 Å². The quantitative estimate of drug-likeness (QED) is 0.317. The largest absolute Gasteiger partial charge is 0.346 e. The highest BCUT2D eigenvalue weighted by Crippen LogP contribution is 2.31. The summed E-state index contributed by atoms with van der Waals surface area (Å²) in [6.07, 6.45) is 5.47. The van der Waals surface area contributed by atoms with Gasteiger partial charge in [-0.15, -0.1) is 11.3 Å². The molecule has 0 radical (unpaired) electrons. The number of rotatable bonds is 0. The zero-order valence-corrected chi connectivity index (χ0v) is 16.3. The predicted octanol–water partition coefficient (Wildman–Crippen LogP) is 5.31. The number of hydrogen-bond donors (Lipinski definition) is 3. The Labute approximate surface area is 172 Å². The first-order valence-electron chi connectivity index (χ1n) is 9.48. The fourth-order valence-electron chi connectivity index (χ4n) is 3.93. The lowest BCUT2D eigenvalue weighted by atomic mass is 10.1. The van der Waals surface area contributed by atoms with Gasteiger partial charge in [-0.05, 0) is 30.3 Å². The molecule has 2 aliphatic rings. The molecule has 0 unspecified atom stereocenters. The molecule has 8 bridgehead atoms. The van der Waals surface area contributed by atoms with Crippen LogP contribution in [0.5, 0.6) is 0 Å². The lowest BCUT2D eigenvalue weighted by molar-refractivity contribution is 1.12. The van der Waals surface area contributed by atoms with E-state index < -0.39 is 0 Å². The average Bonchev–Trinajstić information content (AvgIpc) is 3.50. The van der Waals surface area contributed by atoms with Crippen molar-refractivity contribution in [3.63, 3.8) is 0 Å². The number of H-pyrrole nitrogens is 3. The minimum absolute atomic E-state index is 0.664. The van der Waals surface area contributed by atoms with Crippen molar-refractivity contribution in [3.05, 3.63) is 61.1 Å². The van der Waals surface area contributed by atoms with Crippen LogP contribution in [0.1, 0.15) is 0 Å². The minimum atomic E-state index is 0.664. The van der Waals surface area contributed by atoms with Gasteiger partial charge in [0.15, 0.2) is 5.65 Å². The van der Waals surface area contributed by atoms with Crippen LogP contribution in [-0.2, 0) is 0 Å². The summed E-state index contributed by atoms with van der Waals surface area (Å²) >= 11 is 1.68. The summed E-state index contributed by atoms with van der Waals surface area (Å²) in [5.41, 5.74) is 6.94. The number of nitrogens with one attached hydrogen (secondary N) is 3. The smallest absolute Gasteiger partial charge is 0.179 e. The molecule has 4 aromatic heterocycles. The van der Waals surface area contributed by atoms with Gasteiger partial charge in [-0.3, -0.25) is 20.2 Å². The molecule has 0 saturated heterocycles. The third kappa shape index (κ3) is 2.25. The van der Waals surface area contributed by atoms with E-state index in [2.05, 4.69) is 49.4 Å². The van der Waals surface area contributed by atoms with Crippen LogP contribution in [0.2, 0.25) is 0 Å². The molecule has 30 heavy (non-hydrogen) atoms. The molecule has 0 spiro atoms. The maximum atomic E-state index is 4.91. The standard InChI is InChI=1S/C22H13N7S/c1-2-13-18-4-5-19(30-18)25-12-6-11(8-23-9-12)16-7-14-17(10-24-16)28-29-21(14)22-26-15(3-1)20(13)27-22/h1-10,25,28-29H. The van der Waals surface area contributed by atoms with E-state index in [-0.39, 0.29) is 0 Å². The van der Waals surface area contributed by atoms with Gasteiger partial charge >= 0.3 is 0 Å². The van der Waals surface area contributed by atoms with E-state index in [1.54, 1.807) is 11.3 Å². The zero-order valence-electron chi connectivity index (χ0n) is 15.5. The average molecular weight is 407 g/mol. The summed E-state index contributed by atoms with van der Waals surface area (Å²) in [6, 6.07) is 14.4. The van der Waals surface area contributed by atoms with Gasteiger partial charge in [0.05, 0.1) is 44.8 Å². The topological polar surface area (TPSA) is 98.9 Å². The highest BCUT2D eigenvalue weighted by molar-refractivity contribution is 7.23. The van der Waals surface area contributed by atoms with Crippen LogP contribution >= 0.6 is 11.3 Å². The molecular formula is C22H13N7S. The number of fused-ring (bicyclic) bond motifs is 9. The molecule has 0 aliphatic carbocycles. The summed E-state index contributed by atoms with van der Waals surface area (Å²) in [7, 11) is 0. The molecule has 2 aliphatic heterocycles. The van der Waals surface area contributed by atoms with Crippen molar-refractivity contribution in [2.45, 2.75) is 0 Å².